The van der Waals surface area contributed by atoms with Crippen molar-refractivity contribution >= 4 is 0 Å². The normalized spacial score (nSPS) is 12.9. The number of H-pyrrole nitrogens is 1. The fourth-order valence-electron chi connectivity index (χ4n) is 1.96. The topological polar surface area (TPSA) is 55.7 Å². The van der Waals surface area contributed by atoms with Gasteiger partial charge in [0.2, 0.25) is 0 Å². The van der Waals surface area contributed by atoms with Crippen LogP contribution in [0.2, 0.25) is 0 Å². The zero-order valence-electron chi connectivity index (χ0n) is 10.7. The van der Waals surface area contributed by atoms with Gasteiger partial charge in [-0.25, -0.2) is 4.68 Å². The summed E-state index contributed by atoms with van der Waals surface area (Å²) in [6.07, 6.45) is 3.80. The fourth-order valence-corrected chi connectivity index (χ4v) is 1.96. The van der Waals surface area contributed by atoms with E-state index in [1.807, 2.05) is 44.8 Å². The van der Waals surface area contributed by atoms with Gasteiger partial charge in [0.25, 0.3) is 0 Å². The first kappa shape index (κ1) is 11.9. The molecule has 1 unspecified atom stereocenters. The monoisotopic (exact) mass is 234 g/mol. The molecule has 2 rings (SSSR count). The number of rotatable bonds is 4. The van der Waals surface area contributed by atoms with Gasteiger partial charge in [-0.2, -0.15) is 10.2 Å². The molecule has 0 aliphatic heterocycles. The van der Waals surface area contributed by atoms with Crippen molar-refractivity contribution in [3.63, 3.8) is 0 Å². The summed E-state index contributed by atoms with van der Waals surface area (Å²) >= 11 is 0. The average Bonchev–Trinajstić information content (AvgIpc) is 2.86. The third-order valence-corrected chi connectivity index (χ3v) is 2.80. The lowest BCUT2D eigenvalue weighted by molar-refractivity contribution is 0.0160. The molecular weight excluding hydrogens is 216 g/mol. The van der Waals surface area contributed by atoms with Gasteiger partial charge >= 0.3 is 0 Å². The van der Waals surface area contributed by atoms with Crippen molar-refractivity contribution in [2.24, 2.45) is 0 Å². The molecule has 5 nitrogen and oxygen atoms in total. The smallest absolute Gasteiger partial charge is 0.147 e. The summed E-state index contributed by atoms with van der Waals surface area (Å²) in [5.41, 5.74) is 4.25. The Morgan fingerprint density at radius 1 is 1.47 bits per heavy atom. The maximum absolute atomic E-state index is 5.50. The molecule has 5 heteroatoms. The van der Waals surface area contributed by atoms with Crippen LogP contribution in [0.5, 0.6) is 0 Å². The van der Waals surface area contributed by atoms with Crippen molar-refractivity contribution in [3.8, 4) is 11.1 Å². The first-order valence-corrected chi connectivity index (χ1v) is 5.81. The number of ether oxygens (including phenoxy) is 1. The van der Waals surface area contributed by atoms with E-state index in [-0.39, 0.29) is 6.23 Å². The number of aryl methyl sites for hydroxylation is 2. The summed E-state index contributed by atoms with van der Waals surface area (Å²) < 4.78 is 7.32. The van der Waals surface area contributed by atoms with Gasteiger partial charge < -0.3 is 4.74 Å². The molecule has 0 aliphatic rings. The van der Waals surface area contributed by atoms with Crippen LogP contribution >= 0.6 is 0 Å². The van der Waals surface area contributed by atoms with Gasteiger partial charge in [-0.3, -0.25) is 5.10 Å². The minimum atomic E-state index is -0.0405. The Morgan fingerprint density at radius 3 is 2.82 bits per heavy atom. The van der Waals surface area contributed by atoms with E-state index < -0.39 is 0 Å². The second-order valence-corrected chi connectivity index (χ2v) is 4.07. The molecule has 2 aromatic rings. The van der Waals surface area contributed by atoms with E-state index in [1.165, 1.54) is 0 Å². The van der Waals surface area contributed by atoms with Crippen molar-refractivity contribution in [2.45, 2.75) is 33.9 Å². The Balaban J connectivity index is 2.30. The largest absolute Gasteiger partial charge is 0.357 e. The van der Waals surface area contributed by atoms with Crippen molar-refractivity contribution in [1.82, 2.24) is 20.0 Å². The lowest BCUT2D eigenvalue weighted by Gasteiger charge is -2.11. The Kier molecular flexibility index (Phi) is 3.28. The van der Waals surface area contributed by atoms with E-state index in [2.05, 4.69) is 15.3 Å². The van der Waals surface area contributed by atoms with Gasteiger partial charge in [0.15, 0.2) is 0 Å². The van der Waals surface area contributed by atoms with E-state index in [1.54, 1.807) is 0 Å². The van der Waals surface area contributed by atoms with Crippen molar-refractivity contribution < 1.29 is 4.74 Å². The van der Waals surface area contributed by atoms with Crippen LogP contribution in [0.25, 0.3) is 11.1 Å². The molecule has 0 radical (unpaired) electrons. The molecule has 0 amide bonds. The fraction of sp³-hybridized carbons (Fsp3) is 0.500. The number of nitrogens with one attached hydrogen (secondary N) is 1. The van der Waals surface area contributed by atoms with E-state index in [9.17, 15) is 0 Å². The predicted molar refractivity (Wildman–Crippen MR) is 65.6 cm³/mol. The van der Waals surface area contributed by atoms with Gasteiger partial charge in [-0.15, -0.1) is 0 Å². The molecule has 0 bridgehead atoms. The highest BCUT2D eigenvalue weighted by atomic mass is 16.5. The molecule has 0 saturated heterocycles. The van der Waals surface area contributed by atoms with E-state index in [4.69, 9.17) is 4.74 Å². The van der Waals surface area contributed by atoms with Crippen LogP contribution in [0.4, 0.5) is 0 Å². The minimum Gasteiger partial charge on any atom is -0.357 e. The molecule has 1 N–H and O–H groups in total. The highest BCUT2D eigenvalue weighted by Crippen LogP contribution is 2.25. The molecule has 92 valence electrons. The summed E-state index contributed by atoms with van der Waals surface area (Å²) in [6.45, 7) is 8.64. The highest BCUT2D eigenvalue weighted by molar-refractivity contribution is 5.66. The van der Waals surface area contributed by atoms with Crippen molar-refractivity contribution in [1.29, 1.82) is 0 Å². The van der Waals surface area contributed by atoms with Crippen LogP contribution < -0.4 is 0 Å². The average molecular weight is 234 g/mol. The van der Waals surface area contributed by atoms with Crippen LogP contribution in [0.3, 0.4) is 0 Å². The van der Waals surface area contributed by atoms with Crippen LogP contribution in [0.1, 0.15) is 31.5 Å². The standard InChI is InChI=1S/C12H18N4O/c1-5-17-10(4)16-7-11(6-13-16)12-8(2)14-15-9(12)3/h6-7,10H,5H2,1-4H3,(H,14,15). The number of hydrogen-bond donors (Lipinski definition) is 1. The number of hydrogen-bond acceptors (Lipinski definition) is 3. The molecule has 2 heterocycles. The molecule has 0 saturated carbocycles. The summed E-state index contributed by atoms with van der Waals surface area (Å²) in [4.78, 5) is 0. The molecule has 0 aliphatic carbocycles. The number of nitrogens with zero attached hydrogens (tertiary/aromatic N) is 3. The highest BCUT2D eigenvalue weighted by Gasteiger charge is 2.12. The molecular formula is C12H18N4O. The molecule has 0 fully saturated rings. The lowest BCUT2D eigenvalue weighted by atomic mass is 10.1. The quantitative estimate of drug-likeness (QED) is 0.884. The number of aromatic nitrogens is 4. The summed E-state index contributed by atoms with van der Waals surface area (Å²) in [7, 11) is 0. The van der Waals surface area contributed by atoms with Gasteiger partial charge in [-0.05, 0) is 27.7 Å². The maximum Gasteiger partial charge on any atom is 0.147 e. The molecule has 17 heavy (non-hydrogen) atoms. The Labute approximate surface area is 101 Å². The zero-order valence-corrected chi connectivity index (χ0v) is 10.7. The second-order valence-electron chi connectivity index (χ2n) is 4.07. The minimum absolute atomic E-state index is 0.0405. The van der Waals surface area contributed by atoms with E-state index in [0.29, 0.717) is 6.61 Å². The predicted octanol–water partition coefficient (Wildman–Crippen LogP) is 2.45. The van der Waals surface area contributed by atoms with Crippen molar-refractivity contribution in [2.75, 3.05) is 6.61 Å². The summed E-state index contributed by atoms with van der Waals surface area (Å²) in [5, 5.41) is 11.5. The SMILES string of the molecule is CCOC(C)n1cc(-c2c(C)n[nH]c2C)cn1. The Morgan fingerprint density at radius 2 is 2.24 bits per heavy atom. The van der Waals surface area contributed by atoms with Gasteiger partial charge in [0.05, 0.1) is 11.9 Å². The van der Waals surface area contributed by atoms with Gasteiger partial charge in [-0.1, -0.05) is 0 Å². The maximum atomic E-state index is 5.50. The summed E-state index contributed by atoms with van der Waals surface area (Å²) in [6, 6.07) is 0. The molecule has 0 spiro atoms. The Hall–Kier alpha value is -1.62. The first-order chi connectivity index (χ1) is 8.13. The lowest BCUT2D eigenvalue weighted by Crippen LogP contribution is -2.09. The number of aromatic amines is 1. The van der Waals surface area contributed by atoms with Crippen LogP contribution in [0, 0.1) is 13.8 Å². The van der Waals surface area contributed by atoms with Crippen molar-refractivity contribution in [3.05, 3.63) is 23.8 Å². The second kappa shape index (κ2) is 4.71. The summed E-state index contributed by atoms with van der Waals surface area (Å²) in [5.74, 6) is 0. The third kappa shape index (κ3) is 2.24. The van der Waals surface area contributed by atoms with Crippen LogP contribution in [-0.2, 0) is 4.74 Å². The first-order valence-electron chi connectivity index (χ1n) is 5.81. The van der Waals surface area contributed by atoms with Crippen LogP contribution in [0.15, 0.2) is 12.4 Å². The van der Waals surface area contributed by atoms with Crippen LogP contribution in [-0.4, -0.2) is 26.6 Å². The molecule has 0 aromatic carbocycles. The van der Waals surface area contributed by atoms with Gasteiger partial charge in [0, 0.05) is 29.6 Å². The van der Waals surface area contributed by atoms with E-state index >= 15 is 0 Å². The molecule has 2 aromatic heterocycles. The van der Waals surface area contributed by atoms with Gasteiger partial charge in [0.1, 0.15) is 6.23 Å². The Bertz CT molecular complexity index is 481. The zero-order chi connectivity index (χ0) is 12.4. The third-order valence-electron chi connectivity index (χ3n) is 2.80. The van der Waals surface area contributed by atoms with E-state index in [0.717, 1.165) is 22.5 Å². The molecule has 1 atom stereocenters.